The van der Waals surface area contributed by atoms with E-state index in [1.807, 2.05) is 39.0 Å². The number of H-pyrrole nitrogens is 1. The fraction of sp³-hybridized carbons (Fsp3) is 0.294. The summed E-state index contributed by atoms with van der Waals surface area (Å²) < 4.78 is 46.0. The predicted molar refractivity (Wildman–Crippen MR) is 172 cm³/mol. The molecule has 6 rings (SSSR count). The Morgan fingerprint density at radius 1 is 1.04 bits per heavy atom. The molecule has 1 aliphatic carbocycles. The molecule has 0 spiro atoms. The zero-order valence-corrected chi connectivity index (χ0v) is 26.4. The Labute approximate surface area is 261 Å². The number of ether oxygens (including phenoxy) is 3. The molecular formula is C34H35N3O7S. The first-order valence-corrected chi connectivity index (χ1v) is 16.5. The molecule has 0 saturated heterocycles. The maximum absolute atomic E-state index is 13.3. The molecular weight excluding hydrogens is 594 g/mol. The molecule has 0 radical (unpaired) electrons. The van der Waals surface area contributed by atoms with E-state index in [-0.39, 0.29) is 11.5 Å². The van der Waals surface area contributed by atoms with Crippen molar-refractivity contribution in [3.8, 4) is 34.4 Å². The topological polar surface area (TPSA) is 140 Å². The summed E-state index contributed by atoms with van der Waals surface area (Å²) in [5, 5.41) is 13.3. The van der Waals surface area contributed by atoms with Crippen LogP contribution in [0.4, 0.5) is 0 Å². The Hall–Kier alpha value is -4.77. The number of aromatic hydroxyl groups is 1. The molecule has 234 valence electrons. The number of rotatable bonds is 11. The number of para-hydroxylation sites is 1. The molecule has 0 atom stereocenters. The average Bonchev–Trinajstić information content (AvgIpc) is 3.75. The van der Waals surface area contributed by atoms with E-state index >= 15 is 0 Å². The number of nitrogens with one attached hydrogen (secondary N) is 2. The SMILES string of the molecule is CCOc1c(O)c2c(-c3ccc(CS(=O)(=O)NC(=O)C4(c5ccccc5OC)CC4)cc3C)[nH]c(OCC)c2c2ncccc12. The molecule has 1 fully saturated rings. The fourth-order valence-corrected chi connectivity index (χ4v) is 7.26. The van der Waals surface area contributed by atoms with Crippen LogP contribution in [0.5, 0.6) is 23.1 Å². The third-order valence-electron chi connectivity index (χ3n) is 8.26. The Balaban J connectivity index is 1.34. The van der Waals surface area contributed by atoms with Crippen LogP contribution in [-0.4, -0.2) is 49.7 Å². The van der Waals surface area contributed by atoms with Gasteiger partial charge < -0.3 is 24.3 Å². The Bertz CT molecular complexity index is 2050. The van der Waals surface area contributed by atoms with Crippen LogP contribution in [0.3, 0.4) is 0 Å². The zero-order chi connectivity index (χ0) is 31.9. The average molecular weight is 630 g/mol. The first-order chi connectivity index (χ1) is 21.6. The van der Waals surface area contributed by atoms with Gasteiger partial charge >= 0.3 is 0 Å². The molecule has 11 heteroatoms. The zero-order valence-electron chi connectivity index (χ0n) is 25.6. The molecule has 3 aromatic carbocycles. The van der Waals surface area contributed by atoms with Crippen molar-refractivity contribution in [2.75, 3.05) is 20.3 Å². The molecule has 2 heterocycles. The lowest BCUT2D eigenvalue weighted by atomic mass is 9.94. The van der Waals surface area contributed by atoms with E-state index in [1.54, 1.807) is 42.6 Å². The minimum absolute atomic E-state index is 0.0395. The van der Waals surface area contributed by atoms with Crippen molar-refractivity contribution < 1.29 is 32.5 Å². The number of carbonyl (C=O) groups excluding carboxylic acids is 1. The van der Waals surface area contributed by atoms with Gasteiger partial charge in [-0.05, 0) is 62.9 Å². The third-order valence-corrected chi connectivity index (χ3v) is 9.47. The first kappa shape index (κ1) is 30.3. The van der Waals surface area contributed by atoms with Gasteiger partial charge in [-0.25, -0.2) is 8.42 Å². The molecule has 45 heavy (non-hydrogen) atoms. The number of phenols is 1. The lowest BCUT2D eigenvalue weighted by Crippen LogP contribution is -2.39. The van der Waals surface area contributed by atoms with Crippen LogP contribution >= 0.6 is 0 Å². The number of amides is 1. The van der Waals surface area contributed by atoms with Gasteiger partial charge in [0.25, 0.3) is 0 Å². The summed E-state index contributed by atoms with van der Waals surface area (Å²) in [6.07, 6.45) is 2.76. The van der Waals surface area contributed by atoms with E-state index in [9.17, 15) is 18.3 Å². The number of pyridine rings is 1. The van der Waals surface area contributed by atoms with E-state index in [4.69, 9.17) is 14.2 Å². The molecule has 1 aliphatic rings. The van der Waals surface area contributed by atoms with Gasteiger partial charge in [-0.15, -0.1) is 0 Å². The van der Waals surface area contributed by atoms with Gasteiger partial charge in [-0.1, -0.05) is 36.4 Å². The number of fused-ring (bicyclic) bond motifs is 3. The van der Waals surface area contributed by atoms with Crippen LogP contribution in [0.25, 0.3) is 32.9 Å². The van der Waals surface area contributed by atoms with E-state index in [2.05, 4.69) is 14.7 Å². The maximum Gasteiger partial charge on any atom is 0.244 e. The summed E-state index contributed by atoms with van der Waals surface area (Å²) in [6, 6.07) is 16.1. The van der Waals surface area contributed by atoms with Gasteiger partial charge in [-0.3, -0.25) is 14.5 Å². The summed E-state index contributed by atoms with van der Waals surface area (Å²) in [7, 11) is -2.48. The third kappa shape index (κ3) is 5.31. The number of methoxy groups -OCH3 is 1. The van der Waals surface area contributed by atoms with Crippen LogP contribution < -0.4 is 18.9 Å². The monoisotopic (exact) mass is 629 g/mol. The lowest BCUT2D eigenvalue weighted by molar-refractivity contribution is -0.121. The predicted octanol–water partition coefficient (Wildman–Crippen LogP) is 5.88. The molecule has 3 N–H and O–H groups in total. The van der Waals surface area contributed by atoms with Gasteiger partial charge in [0, 0.05) is 22.7 Å². The van der Waals surface area contributed by atoms with Crippen LogP contribution in [-0.2, 0) is 26.0 Å². The van der Waals surface area contributed by atoms with Crippen molar-refractivity contribution in [3.05, 3.63) is 77.5 Å². The van der Waals surface area contributed by atoms with E-state index in [0.29, 0.717) is 81.9 Å². The van der Waals surface area contributed by atoms with Gasteiger partial charge in [0.05, 0.1) is 53.5 Å². The minimum Gasteiger partial charge on any atom is -0.504 e. The second-order valence-corrected chi connectivity index (χ2v) is 12.9. The minimum atomic E-state index is -4.01. The first-order valence-electron chi connectivity index (χ1n) is 14.8. The number of hydrogen-bond donors (Lipinski definition) is 3. The fourth-order valence-electron chi connectivity index (χ4n) is 6.09. The van der Waals surface area contributed by atoms with Gasteiger partial charge in [0.1, 0.15) is 5.75 Å². The highest BCUT2D eigenvalue weighted by molar-refractivity contribution is 7.89. The smallest absolute Gasteiger partial charge is 0.244 e. The van der Waals surface area contributed by atoms with Gasteiger partial charge in [-0.2, -0.15) is 0 Å². The van der Waals surface area contributed by atoms with Crippen molar-refractivity contribution >= 4 is 37.6 Å². The standard InChI is InChI=1S/C34H35N3O7S/c1-5-43-31-23-10-9-17-35-28(23)27-26(30(31)38)29(36-32(27)44-6-2)22-14-13-21(18-20(22)3)19-45(40,41)37-33(39)34(15-16-34)24-11-7-8-12-25(24)42-4/h7-14,17-18,36,38H,5-6,15-16,19H2,1-4H3,(H,37,39). The Morgan fingerprint density at radius 2 is 1.80 bits per heavy atom. The number of aryl methyl sites for hydroxylation is 1. The lowest BCUT2D eigenvalue weighted by Gasteiger charge is -2.18. The number of aromatic nitrogens is 2. The number of carbonyl (C=O) groups is 1. The molecule has 2 aromatic heterocycles. The maximum atomic E-state index is 13.3. The number of nitrogens with zero attached hydrogens (tertiary/aromatic N) is 1. The van der Waals surface area contributed by atoms with Crippen LogP contribution in [0.2, 0.25) is 0 Å². The number of hydrogen-bond acceptors (Lipinski definition) is 8. The second kappa shape index (κ2) is 11.6. The van der Waals surface area contributed by atoms with Gasteiger partial charge in [0.15, 0.2) is 11.5 Å². The van der Waals surface area contributed by atoms with Crippen molar-refractivity contribution in [2.45, 2.75) is 44.8 Å². The van der Waals surface area contributed by atoms with E-state index < -0.39 is 21.3 Å². The van der Waals surface area contributed by atoms with Crippen LogP contribution in [0.15, 0.2) is 60.8 Å². The van der Waals surface area contributed by atoms with Crippen molar-refractivity contribution in [1.82, 2.24) is 14.7 Å². The molecule has 10 nitrogen and oxygen atoms in total. The summed E-state index contributed by atoms with van der Waals surface area (Å²) in [4.78, 5) is 21.2. The highest BCUT2D eigenvalue weighted by Crippen LogP contribution is 2.52. The summed E-state index contributed by atoms with van der Waals surface area (Å²) >= 11 is 0. The van der Waals surface area contributed by atoms with Gasteiger partial charge in [0.2, 0.25) is 21.8 Å². The van der Waals surface area contributed by atoms with E-state index in [0.717, 1.165) is 11.1 Å². The Morgan fingerprint density at radius 3 is 2.49 bits per heavy atom. The summed E-state index contributed by atoms with van der Waals surface area (Å²) in [5.74, 6) is 0.370. The Kier molecular flexibility index (Phi) is 7.82. The van der Waals surface area contributed by atoms with Crippen molar-refractivity contribution in [3.63, 3.8) is 0 Å². The quantitative estimate of drug-likeness (QED) is 0.165. The normalized spacial score (nSPS) is 14.0. The van der Waals surface area contributed by atoms with E-state index in [1.165, 1.54) is 7.11 Å². The highest BCUT2D eigenvalue weighted by Gasteiger charge is 2.53. The van der Waals surface area contributed by atoms with Crippen LogP contribution in [0.1, 0.15) is 43.4 Å². The molecule has 1 saturated carbocycles. The summed E-state index contributed by atoms with van der Waals surface area (Å²) in [6.45, 7) is 6.31. The molecule has 5 aromatic rings. The molecule has 0 unspecified atom stereocenters. The highest BCUT2D eigenvalue weighted by atomic mass is 32.2. The number of phenolic OH excluding ortho intramolecular Hbond substituents is 1. The molecule has 0 aliphatic heterocycles. The summed E-state index contributed by atoms with van der Waals surface area (Å²) in [5.41, 5.74) is 2.97. The van der Waals surface area contributed by atoms with Crippen molar-refractivity contribution in [1.29, 1.82) is 0 Å². The molecule has 0 bridgehead atoms. The molecule has 1 amide bonds. The largest absolute Gasteiger partial charge is 0.504 e. The number of benzene rings is 3. The van der Waals surface area contributed by atoms with Crippen molar-refractivity contribution in [2.24, 2.45) is 0 Å². The second-order valence-electron chi connectivity index (χ2n) is 11.1. The number of aromatic amines is 1. The van der Waals surface area contributed by atoms with Crippen LogP contribution in [0, 0.1) is 6.92 Å². The number of sulfonamides is 1.